The van der Waals surface area contributed by atoms with E-state index in [1.54, 1.807) is 36.4 Å². The molecule has 150 valence electrons. The number of amides is 1. The van der Waals surface area contributed by atoms with Gasteiger partial charge in [0.1, 0.15) is 17.5 Å². The topological polar surface area (TPSA) is 112 Å². The van der Waals surface area contributed by atoms with Gasteiger partial charge in [-0.05, 0) is 60.2 Å². The molecule has 0 bridgehead atoms. The van der Waals surface area contributed by atoms with E-state index in [4.69, 9.17) is 11.6 Å². The van der Waals surface area contributed by atoms with Crippen molar-refractivity contribution in [3.8, 4) is 6.07 Å². The van der Waals surface area contributed by atoms with Crippen LogP contribution >= 0.6 is 11.6 Å². The highest BCUT2D eigenvalue weighted by Gasteiger charge is 2.15. The Morgan fingerprint density at radius 3 is 2.33 bits per heavy atom. The Bertz CT molecular complexity index is 1220. The zero-order valence-electron chi connectivity index (χ0n) is 15.4. The van der Waals surface area contributed by atoms with Gasteiger partial charge in [0.2, 0.25) is 0 Å². The number of nitrogens with zero attached hydrogens (tertiary/aromatic N) is 2. The number of nitrogens with one attached hydrogen (secondary N) is 2. The van der Waals surface area contributed by atoms with Gasteiger partial charge in [0, 0.05) is 16.9 Å². The number of hydrogen-bond donors (Lipinski definition) is 2. The molecular formula is C21H15ClN4O3S. The zero-order valence-corrected chi connectivity index (χ0v) is 17.0. The fourth-order valence-corrected chi connectivity index (χ4v) is 3.54. The second kappa shape index (κ2) is 9.22. The van der Waals surface area contributed by atoms with Crippen LogP contribution in [0.15, 0.2) is 83.4 Å². The minimum atomic E-state index is -3.82. The first-order chi connectivity index (χ1) is 14.4. The third kappa shape index (κ3) is 5.44. The number of carbonyl (C=O) groups excluding carboxylic acids is 1. The van der Waals surface area contributed by atoms with E-state index in [0.29, 0.717) is 16.3 Å². The van der Waals surface area contributed by atoms with Crippen LogP contribution in [0.5, 0.6) is 0 Å². The minimum absolute atomic E-state index is 0.00312. The molecule has 0 radical (unpaired) electrons. The maximum atomic E-state index is 12.4. The van der Waals surface area contributed by atoms with Gasteiger partial charge in [0.15, 0.2) is 0 Å². The van der Waals surface area contributed by atoms with Gasteiger partial charge >= 0.3 is 0 Å². The number of nitriles is 1. The van der Waals surface area contributed by atoms with Crippen molar-refractivity contribution in [3.63, 3.8) is 0 Å². The van der Waals surface area contributed by atoms with E-state index in [0.717, 1.165) is 0 Å². The number of benzene rings is 2. The van der Waals surface area contributed by atoms with E-state index in [1.807, 2.05) is 6.07 Å². The first-order valence-electron chi connectivity index (χ1n) is 8.60. The highest BCUT2D eigenvalue weighted by atomic mass is 35.5. The Kier molecular flexibility index (Phi) is 6.47. The van der Waals surface area contributed by atoms with Gasteiger partial charge in [-0.15, -0.1) is 0 Å². The summed E-state index contributed by atoms with van der Waals surface area (Å²) in [5.41, 5.74) is 0.882. The largest absolute Gasteiger partial charge is 0.321 e. The highest BCUT2D eigenvalue weighted by Crippen LogP contribution is 2.18. The van der Waals surface area contributed by atoms with Crippen LogP contribution in [0.4, 0.5) is 11.5 Å². The lowest BCUT2D eigenvalue weighted by Crippen LogP contribution is -2.15. The minimum Gasteiger partial charge on any atom is -0.321 e. The second-order valence-corrected chi connectivity index (χ2v) is 8.14. The van der Waals surface area contributed by atoms with Crippen LogP contribution < -0.4 is 10.0 Å². The normalized spacial score (nSPS) is 11.4. The molecule has 2 N–H and O–H groups in total. The number of anilines is 2. The van der Waals surface area contributed by atoms with Crippen molar-refractivity contribution in [1.82, 2.24) is 4.98 Å². The van der Waals surface area contributed by atoms with E-state index >= 15 is 0 Å². The highest BCUT2D eigenvalue weighted by molar-refractivity contribution is 7.92. The molecule has 0 saturated heterocycles. The molecule has 30 heavy (non-hydrogen) atoms. The average Bonchev–Trinajstić information content (AvgIpc) is 2.74. The van der Waals surface area contributed by atoms with Crippen molar-refractivity contribution >= 4 is 45.1 Å². The summed E-state index contributed by atoms with van der Waals surface area (Å²) in [6.45, 7) is 0. The quantitative estimate of drug-likeness (QED) is 0.444. The lowest BCUT2D eigenvalue weighted by atomic mass is 10.1. The Morgan fingerprint density at radius 1 is 1.03 bits per heavy atom. The summed E-state index contributed by atoms with van der Waals surface area (Å²) in [5, 5.41) is 12.4. The number of rotatable bonds is 6. The zero-order chi connectivity index (χ0) is 21.6. The summed E-state index contributed by atoms with van der Waals surface area (Å²) in [6.07, 6.45) is 2.90. The molecule has 1 heterocycles. The number of carbonyl (C=O) groups is 1. The van der Waals surface area contributed by atoms with Crippen molar-refractivity contribution < 1.29 is 13.2 Å². The van der Waals surface area contributed by atoms with Crippen molar-refractivity contribution in [3.05, 3.63) is 89.1 Å². The molecule has 1 aromatic heterocycles. The summed E-state index contributed by atoms with van der Waals surface area (Å²) in [4.78, 5) is 16.3. The Labute approximate surface area is 178 Å². The first-order valence-corrected chi connectivity index (χ1v) is 10.5. The molecule has 0 aliphatic carbocycles. The van der Waals surface area contributed by atoms with Gasteiger partial charge in [-0.25, -0.2) is 13.4 Å². The Hall–Kier alpha value is -3.67. The SMILES string of the molecule is N#C/C(=C\c1ccc(Cl)cc1)C(=O)Nc1ccc(S(=O)(=O)Nc2ccccn2)cc1. The van der Waals surface area contributed by atoms with E-state index in [1.165, 1.54) is 42.6 Å². The predicted molar refractivity (Wildman–Crippen MR) is 115 cm³/mol. The molecule has 0 unspecified atom stereocenters. The van der Waals surface area contributed by atoms with Gasteiger partial charge < -0.3 is 5.32 Å². The number of pyridine rings is 1. The van der Waals surface area contributed by atoms with Crippen LogP contribution in [-0.4, -0.2) is 19.3 Å². The van der Waals surface area contributed by atoms with Crippen LogP contribution in [-0.2, 0) is 14.8 Å². The van der Waals surface area contributed by atoms with E-state index in [-0.39, 0.29) is 16.3 Å². The molecule has 0 atom stereocenters. The number of sulfonamides is 1. The van der Waals surface area contributed by atoms with Gasteiger partial charge in [-0.3, -0.25) is 9.52 Å². The van der Waals surface area contributed by atoms with Crippen molar-refractivity contribution in [2.75, 3.05) is 10.0 Å². The molecule has 0 aliphatic rings. The lowest BCUT2D eigenvalue weighted by Gasteiger charge is -2.09. The Balaban J connectivity index is 1.72. The van der Waals surface area contributed by atoms with Gasteiger partial charge in [-0.2, -0.15) is 5.26 Å². The molecule has 2 aromatic carbocycles. The first kappa shape index (κ1) is 21.0. The standard InChI is InChI=1S/C21H15ClN4O3S/c22-17-6-4-15(5-7-17)13-16(14-23)21(27)25-18-8-10-19(11-9-18)30(28,29)26-20-3-1-2-12-24-20/h1-13H,(H,24,26)(H,25,27)/b16-13+. The van der Waals surface area contributed by atoms with Gasteiger partial charge in [0.05, 0.1) is 4.90 Å². The molecule has 3 rings (SSSR count). The van der Waals surface area contributed by atoms with Gasteiger partial charge in [-0.1, -0.05) is 29.8 Å². The van der Waals surface area contributed by atoms with Crippen LogP contribution in [0.25, 0.3) is 6.08 Å². The summed E-state index contributed by atoms with van der Waals surface area (Å²) in [5.74, 6) is -0.421. The molecular weight excluding hydrogens is 424 g/mol. The number of hydrogen-bond acceptors (Lipinski definition) is 5. The monoisotopic (exact) mass is 438 g/mol. The average molecular weight is 439 g/mol. The maximum Gasteiger partial charge on any atom is 0.266 e. The molecule has 9 heteroatoms. The molecule has 0 aliphatic heterocycles. The van der Waals surface area contributed by atoms with E-state index in [2.05, 4.69) is 15.0 Å². The van der Waals surface area contributed by atoms with E-state index in [9.17, 15) is 18.5 Å². The summed E-state index contributed by atoms with van der Waals surface area (Å²) in [6, 6.07) is 18.9. The summed E-state index contributed by atoms with van der Waals surface area (Å²) < 4.78 is 27.2. The molecule has 0 saturated carbocycles. The summed E-state index contributed by atoms with van der Waals surface area (Å²) >= 11 is 5.83. The molecule has 0 fully saturated rings. The van der Waals surface area contributed by atoms with E-state index < -0.39 is 15.9 Å². The molecule has 0 spiro atoms. The number of halogens is 1. The van der Waals surface area contributed by atoms with Crippen LogP contribution in [0, 0.1) is 11.3 Å². The van der Waals surface area contributed by atoms with Crippen LogP contribution in [0.3, 0.4) is 0 Å². The fourth-order valence-electron chi connectivity index (χ4n) is 2.41. The summed E-state index contributed by atoms with van der Waals surface area (Å²) in [7, 11) is -3.82. The third-order valence-electron chi connectivity index (χ3n) is 3.87. The van der Waals surface area contributed by atoms with Crippen molar-refractivity contribution in [2.24, 2.45) is 0 Å². The lowest BCUT2D eigenvalue weighted by molar-refractivity contribution is -0.112. The Morgan fingerprint density at radius 2 is 1.73 bits per heavy atom. The predicted octanol–water partition coefficient (Wildman–Crippen LogP) is 4.08. The third-order valence-corrected chi connectivity index (χ3v) is 5.50. The van der Waals surface area contributed by atoms with Crippen LogP contribution in [0.1, 0.15) is 5.56 Å². The molecule has 7 nitrogen and oxygen atoms in total. The van der Waals surface area contributed by atoms with Crippen molar-refractivity contribution in [2.45, 2.75) is 4.90 Å². The fraction of sp³-hybridized carbons (Fsp3) is 0. The maximum absolute atomic E-state index is 12.4. The number of aromatic nitrogens is 1. The van der Waals surface area contributed by atoms with Crippen molar-refractivity contribution in [1.29, 1.82) is 5.26 Å². The smallest absolute Gasteiger partial charge is 0.266 e. The molecule has 3 aromatic rings. The molecule has 1 amide bonds. The van der Waals surface area contributed by atoms with Crippen LogP contribution in [0.2, 0.25) is 5.02 Å². The second-order valence-electron chi connectivity index (χ2n) is 6.02. The van der Waals surface area contributed by atoms with Gasteiger partial charge in [0.25, 0.3) is 15.9 Å².